The molecule has 0 fully saturated rings. The maximum atomic E-state index is 12.5. The van der Waals surface area contributed by atoms with E-state index in [1.54, 1.807) is 29.2 Å². The Balaban J connectivity index is 1.39. The molecule has 1 aromatic carbocycles. The zero-order valence-electron chi connectivity index (χ0n) is 16.1. The van der Waals surface area contributed by atoms with Crippen molar-refractivity contribution in [1.29, 1.82) is 0 Å². The summed E-state index contributed by atoms with van der Waals surface area (Å²) in [7, 11) is 0. The SMILES string of the molecule is Cc1cc(C)n(Cc2ccc(C(=O)Nc3cnn(Cc4cccc(Cl)c4)c3)o2)n1. The molecular formula is C21H20ClN5O2. The minimum atomic E-state index is -0.327. The number of furan rings is 1. The van der Waals surface area contributed by atoms with E-state index in [1.807, 2.05) is 48.9 Å². The van der Waals surface area contributed by atoms with Crippen LogP contribution in [-0.4, -0.2) is 25.5 Å². The number of halogens is 1. The monoisotopic (exact) mass is 409 g/mol. The fourth-order valence-corrected chi connectivity index (χ4v) is 3.31. The second-order valence-corrected chi connectivity index (χ2v) is 7.30. The second kappa shape index (κ2) is 7.97. The van der Waals surface area contributed by atoms with Gasteiger partial charge >= 0.3 is 0 Å². The summed E-state index contributed by atoms with van der Waals surface area (Å²) in [5.74, 6) is 0.578. The predicted molar refractivity (Wildman–Crippen MR) is 110 cm³/mol. The van der Waals surface area contributed by atoms with Crippen molar-refractivity contribution in [3.63, 3.8) is 0 Å². The zero-order valence-corrected chi connectivity index (χ0v) is 16.8. The van der Waals surface area contributed by atoms with Gasteiger partial charge in [-0.05, 0) is 49.7 Å². The highest BCUT2D eigenvalue weighted by Gasteiger charge is 2.14. The molecule has 148 valence electrons. The molecule has 8 heteroatoms. The van der Waals surface area contributed by atoms with Gasteiger partial charge in [-0.15, -0.1) is 0 Å². The van der Waals surface area contributed by atoms with Gasteiger partial charge in [0.15, 0.2) is 5.76 Å². The molecule has 0 atom stereocenters. The number of nitrogens with one attached hydrogen (secondary N) is 1. The maximum absolute atomic E-state index is 12.5. The first-order chi connectivity index (χ1) is 14.0. The van der Waals surface area contributed by atoms with Crippen molar-refractivity contribution in [3.8, 4) is 0 Å². The molecule has 0 aliphatic heterocycles. The van der Waals surface area contributed by atoms with Crippen molar-refractivity contribution >= 4 is 23.2 Å². The summed E-state index contributed by atoms with van der Waals surface area (Å²) in [4.78, 5) is 12.5. The predicted octanol–water partition coefficient (Wildman–Crippen LogP) is 4.29. The Kier molecular flexibility index (Phi) is 5.22. The quantitative estimate of drug-likeness (QED) is 0.515. The summed E-state index contributed by atoms with van der Waals surface area (Å²) in [6, 6.07) is 13.0. The Bertz CT molecular complexity index is 1160. The fraction of sp³-hybridized carbons (Fsp3) is 0.190. The molecule has 0 radical (unpaired) electrons. The molecule has 0 saturated heterocycles. The number of carbonyl (C=O) groups is 1. The molecule has 0 spiro atoms. The highest BCUT2D eigenvalue weighted by atomic mass is 35.5. The number of amides is 1. The van der Waals surface area contributed by atoms with Crippen LogP contribution in [0.3, 0.4) is 0 Å². The topological polar surface area (TPSA) is 77.9 Å². The van der Waals surface area contributed by atoms with E-state index in [0.29, 0.717) is 29.6 Å². The van der Waals surface area contributed by atoms with Gasteiger partial charge in [-0.3, -0.25) is 14.2 Å². The van der Waals surface area contributed by atoms with Gasteiger partial charge in [-0.2, -0.15) is 10.2 Å². The van der Waals surface area contributed by atoms with Crippen LogP contribution >= 0.6 is 11.6 Å². The van der Waals surface area contributed by atoms with E-state index < -0.39 is 0 Å². The van der Waals surface area contributed by atoms with Gasteiger partial charge in [0, 0.05) is 16.9 Å². The number of hydrogen-bond acceptors (Lipinski definition) is 4. The normalized spacial score (nSPS) is 11.0. The number of rotatable bonds is 6. The number of aryl methyl sites for hydroxylation is 2. The smallest absolute Gasteiger partial charge is 0.291 e. The van der Waals surface area contributed by atoms with Gasteiger partial charge in [-0.25, -0.2) is 0 Å². The van der Waals surface area contributed by atoms with Crippen molar-refractivity contribution in [1.82, 2.24) is 19.6 Å². The summed E-state index contributed by atoms with van der Waals surface area (Å²) in [5, 5.41) is 12.2. The van der Waals surface area contributed by atoms with Crippen LogP contribution in [-0.2, 0) is 13.1 Å². The number of nitrogens with zero attached hydrogens (tertiary/aromatic N) is 4. The lowest BCUT2D eigenvalue weighted by atomic mass is 10.2. The van der Waals surface area contributed by atoms with Gasteiger partial charge in [0.25, 0.3) is 5.91 Å². The molecule has 7 nitrogen and oxygen atoms in total. The number of aromatic nitrogens is 4. The molecule has 1 amide bonds. The Morgan fingerprint density at radius 1 is 1.17 bits per heavy atom. The third kappa shape index (κ3) is 4.57. The Labute approximate surface area is 172 Å². The van der Waals surface area contributed by atoms with E-state index in [1.165, 1.54) is 0 Å². The third-order valence-corrected chi connectivity index (χ3v) is 4.65. The first-order valence-corrected chi connectivity index (χ1v) is 9.52. The standard InChI is InChI=1S/C21H20ClN5O2/c1-14-8-15(2)27(25-14)13-19-6-7-20(29-19)21(28)24-18-10-23-26(12-18)11-16-4-3-5-17(22)9-16/h3-10,12H,11,13H2,1-2H3,(H,24,28). The molecule has 0 unspecified atom stereocenters. The van der Waals surface area contributed by atoms with Crippen LogP contribution in [0.5, 0.6) is 0 Å². The van der Waals surface area contributed by atoms with Gasteiger partial charge in [-0.1, -0.05) is 23.7 Å². The highest BCUT2D eigenvalue weighted by Crippen LogP contribution is 2.16. The minimum Gasteiger partial charge on any atom is -0.454 e. The molecule has 1 N–H and O–H groups in total. The second-order valence-electron chi connectivity index (χ2n) is 6.86. The Morgan fingerprint density at radius 3 is 2.79 bits per heavy atom. The van der Waals surface area contributed by atoms with Crippen molar-refractivity contribution < 1.29 is 9.21 Å². The Hall–Kier alpha value is -3.32. The molecule has 0 bridgehead atoms. The number of benzene rings is 1. The van der Waals surface area contributed by atoms with Crippen LogP contribution in [0.4, 0.5) is 5.69 Å². The van der Waals surface area contributed by atoms with Crippen molar-refractivity contribution in [2.45, 2.75) is 26.9 Å². The molecule has 3 aromatic heterocycles. The summed E-state index contributed by atoms with van der Waals surface area (Å²) in [5.41, 5.74) is 3.60. The van der Waals surface area contributed by atoms with E-state index >= 15 is 0 Å². The molecule has 29 heavy (non-hydrogen) atoms. The first-order valence-electron chi connectivity index (χ1n) is 9.14. The van der Waals surface area contributed by atoms with Crippen LogP contribution in [0.1, 0.15) is 33.3 Å². The summed E-state index contributed by atoms with van der Waals surface area (Å²) < 4.78 is 9.26. The summed E-state index contributed by atoms with van der Waals surface area (Å²) in [6.45, 7) is 4.96. The van der Waals surface area contributed by atoms with Crippen LogP contribution in [0.2, 0.25) is 5.02 Å². The highest BCUT2D eigenvalue weighted by molar-refractivity contribution is 6.30. The van der Waals surface area contributed by atoms with E-state index in [2.05, 4.69) is 15.5 Å². The van der Waals surface area contributed by atoms with E-state index in [9.17, 15) is 4.79 Å². The van der Waals surface area contributed by atoms with Crippen molar-refractivity contribution in [2.75, 3.05) is 5.32 Å². The minimum absolute atomic E-state index is 0.240. The third-order valence-electron chi connectivity index (χ3n) is 4.42. The van der Waals surface area contributed by atoms with Crippen LogP contribution in [0.15, 0.2) is 59.3 Å². The van der Waals surface area contributed by atoms with Crippen molar-refractivity contribution in [2.24, 2.45) is 0 Å². The van der Waals surface area contributed by atoms with E-state index in [-0.39, 0.29) is 11.7 Å². The molecule has 0 saturated carbocycles. The summed E-state index contributed by atoms with van der Waals surface area (Å²) >= 11 is 6.01. The van der Waals surface area contributed by atoms with Gasteiger partial charge in [0.2, 0.25) is 0 Å². The average molecular weight is 410 g/mol. The Morgan fingerprint density at radius 2 is 2.03 bits per heavy atom. The molecule has 0 aliphatic carbocycles. The van der Waals surface area contributed by atoms with Gasteiger partial charge < -0.3 is 9.73 Å². The number of anilines is 1. The molecule has 3 heterocycles. The van der Waals surface area contributed by atoms with Crippen LogP contribution < -0.4 is 5.32 Å². The lowest BCUT2D eigenvalue weighted by molar-refractivity contribution is 0.0994. The molecular weight excluding hydrogens is 390 g/mol. The number of hydrogen-bond donors (Lipinski definition) is 1. The van der Waals surface area contributed by atoms with Gasteiger partial charge in [0.1, 0.15) is 5.76 Å². The lowest BCUT2D eigenvalue weighted by Gasteiger charge is -2.03. The molecule has 4 rings (SSSR count). The molecule has 4 aromatic rings. The fourth-order valence-electron chi connectivity index (χ4n) is 3.10. The summed E-state index contributed by atoms with van der Waals surface area (Å²) in [6.07, 6.45) is 3.36. The molecule has 0 aliphatic rings. The first kappa shape index (κ1) is 19.0. The van der Waals surface area contributed by atoms with Gasteiger partial charge in [0.05, 0.1) is 30.7 Å². The van der Waals surface area contributed by atoms with E-state index in [4.69, 9.17) is 16.0 Å². The van der Waals surface area contributed by atoms with Crippen LogP contribution in [0.25, 0.3) is 0 Å². The van der Waals surface area contributed by atoms with Crippen LogP contribution in [0, 0.1) is 13.8 Å². The largest absolute Gasteiger partial charge is 0.454 e. The maximum Gasteiger partial charge on any atom is 0.291 e. The number of carbonyl (C=O) groups excluding carboxylic acids is 1. The zero-order chi connectivity index (χ0) is 20.4. The van der Waals surface area contributed by atoms with E-state index in [0.717, 1.165) is 17.0 Å². The lowest BCUT2D eigenvalue weighted by Crippen LogP contribution is -2.10. The average Bonchev–Trinajstić information content (AvgIpc) is 3.37. The van der Waals surface area contributed by atoms with Crippen molar-refractivity contribution in [3.05, 3.63) is 88.4 Å².